The molecule has 0 aromatic heterocycles. The lowest BCUT2D eigenvalue weighted by molar-refractivity contribution is -0.382. The van der Waals surface area contributed by atoms with Gasteiger partial charge in [-0.25, -0.2) is 9.78 Å². The molecule has 0 aromatic carbocycles. The number of rotatable bonds is 0. The highest BCUT2D eigenvalue weighted by Gasteiger charge is 1.95. The third kappa shape index (κ3) is 0.106. The van der Waals surface area contributed by atoms with E-state index in [1.807, 2.05) is 0 Å². The maximum Gasteiger partial charge on any atom is 0.109 e. The van der Waals surface area contributed by atoms with E-state index in [0.29, 0.717) is 0 Å². The molecule has 0 saturated carbocycles. The molecule has 26 valence electrons. The monoisotopic (exact) mass is 62.0 g/mol. The van der Waals surface area contributed by atoms with E-state index in [4.69, 9.17) is 0 Å². The summed E-state index contributed by atoms with van der Waals surface area (Å²) in [5.74, 6) is 0. The molecule has 2 nitrogen and oxygen atoms in total. The van der Waals surface area contributed by atoms with Crippen molar-refractivity contribution in [3.8, 4) is 0 Å². The zero-order valence-electron chi connectivity index (χ0n) is 2.23. The second-order valence-electron chi connectivity index (χ2n) is 0.644. The molecule has 1 aliphatic heterocycles. The molecule has 1 aliphatic rings. The Kier molecular flexibility index (Phi) is 0.381. The summed E-state index contributed by atoms with van der Waals surface area (Å²) in [4.78, 5) is 8.44. The first-order valence-corrected chi connectivity index (χ1v) is 1.24. The molecule has 0 spiro atoms. The van der Waals surface area contributed by atoms with Crippen molar-refractivity contribution in [3.63, 3.8) is 0 Å². The van der Waals surface area contributed by atoms with Crippen LogP contribution in [-0.4, -0.2) is 13.2 Å². The van der Waals surface area contributed by atoms with Crippen molar-refractivity contribution >= 4 is 0 Å². The number of hydrogen-bond donors (Lipinski definition) is 0. The highest BCUT2D eigenvalue weighted by molar-refractivity contribution is 4.22. The lowest BCUT2D eigenvalue weighted by Crippen LogP contribution is -2.14. The summed E-state index contributed by atoms with van der Waals surface area (Å²) in [5, 5.41) is 0. The van der Waals surface area contributed by atoms with Gasteiger partial charge in [0.2, 0.25) is 0 Å². The second-order valence-corrected chi connectivity index (χ2v) is 0.644. The van der Waals surface area contributed by atoms with Crippen LogP contribution in [0.2, 0.25) is 0 Å². The molecule has 0 aromatic rings. The van der Waals surface area contributed by atoms with Gasteiger partial charge in [-0.05, 0) is 0 Å². The van der Waals surface area contributed by atoms with Gasteiger partial charge in [0, 0.05) is 1.43 Å². The molecule has 0 N–H and O–H groups in total. The van der Waals surface area contributed by atoms with Crippen molar-refractivity contribution in [2.75, 3.05) is 13.2 Å². The minimum atomic E-state index is 0. The van der Waals surface area contributed by atoms with Gasteiger partial charge in [-0.15, -0.1) is 0 Å². The molecule has 1 fully saturated rings. The van der Waals surface area contributed by atoms with Gasteiger partial charge < -0.3 is 0 Å². The van der Waals surface area contributed by atoms with Gasteiger partial charge in [0.05, 0.1) is 0 Å². The van der Waals surface area contributed by atoms with Crippen LogP contribution in [0.25, 0.3) is 0 Å². The minimum Gasteiger partial charge on any atom is -0.234 e. The Labute approximate surface area is 25.7 Å². The average Bonchev–Trinajstić information content (AvgIpc) is 0.722. The van der Waals surface area contributed by atoms with Crippen molar-refractivity contribution < 1.29 is 11.2 Å². The molecule has 2 heteroatoms. The first-order valence-electron chi connectivity index (χ1n) is 1.24. The van der Waals surface area contributed by atoms with Crippen LogP contribution >= 0.6 is 0 Å². The van der Waals surface area contributed by atoms with E-state index < -0.39 is 0 Å². The normalized spacial score (nSPS) is 24.0. The topological polar surface area (TPSA) is 18.5 Å². The quantitative estimate of drug-likeness (QED) is 0.373. The molecular formula is C2H6O2. The van der Waals surface area contributed by atoms with E-state index in [1.54, 1.807) is 0 Å². The third-order valence-electron chi connectivity index (χ3n) is 0.333. The van der Waals surface area contributed by atoms with Gasteiger partial charge in [0.15, 0.2) is 0 Å². The van der Waals surface area contributed by atoms with E-state index in [-0.39, 0.29) is 1.43 Å². The molecule has 0 aliphatic carbocycles. The van der Waals surface area contributed by atoms with Gasteiger partial charge in [-0.2, -0.15) is 0 Å². The fraction of sp³-hybridized carbons (Fsp3) is 1.00. The van der Waals surface area contributed by atoms with E-state index in [1.165, 1.54) is 0 Å². The fourth-order valence-corrected chi connectivity index (χ4v) is 0.0833. The summed E-state index contributed by atoms with van der Waals surface area (Å²) in [5.41, 5.74) is 0. The Morgan fingerprint density at radius 2 is 1.50 bits per heavy atom. The smallest absolute Gasteiger partial charge is 0.109 e. The highest BCUT2D eigenvalue weighted by atomic mass is 17.2. The summed E-state index contributed by atoms with van der Waals surface area (Å²) >= 11 is 0. The molecule has 0 atom stereocenters. The van der Waals surface area contributed by atoms with Crippen molar-refractivity contribution in [1.82, 2.24) is 0 Å². The van der Waals surface area contributed by atoms with Crippen LogP contribution < -0.4 is 0 Å². The van der Waals surface area contributed by atoms with Crippen LogP contribution in [0.15, 0.2) is 0 Å². The van der Waals surface area contributed by atoms with Gasteiger partial charge in [-0.1, -0.05) is 0 Å². The van der Waals surface area contributed by atoms with E-state index >= 15 is 0 Å². The first-order chi connectivity index (χ1) is 2.00. The van der Waals surface area contributed by atoms with Crippen LogP contribution in [0, 0.1) is 0 Å². The summed E-state index contributed by atoms with van der Waals surface area (Å²) in [6, 6.07) is 0. The molecule has 0 unspecified atom stereocenters. The van der Waals surface area contributed by atoms with Gasteiger partial charge in [0.25, 0.3) is 0 Å². The van der Waals surface area contributed by atoms with Gasteiger partial charge in [0.1, 0.15) is 13.2 Å². The molecular weight excluding hydrogens is 56.0 g/mol. The Balaban J connectivity index is 0.000000160. The Morgan fingerprint density at radius 1 is 1.25 bits per heavy atom. The molecule has 1 heterocycles. The molecule has 1 rings (SSSR count). The molecule has 0 radical (unpaired) electrons. The van der Waals surface area contributed by atoms with Crippen molar-refractivity contribution in [2.24, 2.45) is 0 Å². The molecule has 4 heavy (non-hydrogen) atoms. The summed E-state index contributed by atoms with van der Waals surface area (Å²) in [6.45, 7) is 1.56. The fourth-order valence-electron chi connectivity index (χ4n) is 0.0833. The van der Waals surface area contributed by atoms with Crippen LogP contribution in [0.3, 0.4) is 0 Å². The minimum absolute atomic E-state index is 0. The summed E-state index contributed by atoms with van der Waals surface area (Å²) < 4.78 is 0. The second kappa shape index (κ2) is 0.701. The summed E-state index contributed by atoms with van der Waals surface area (Å²) in [7, 11) is 0. The lowest BCUT2D eigenvalue weighted by Gasteiger charge is -2.08. The van der Waals surface area contributed by atoms with Crippen LogP contribution in [0.4, 0.5) is 0 Å². The maximum absolute atomic E-state index is 4.22. The lowest BCUT2D eigenvalue weighted by atomic mass is 10.8. The third-order valence-corrected chi connectivity index (χ3v) is 0.333. The Morgan fingerprint density at radius 3 is 1.50 bits per heavy atom. The van der Waals surface area contributed by atoms with E-state index in [9.17, 15) is 0 Å². The molecule has 0 amide bonds. The van der Waals surface area contributed by atoms with Crippen molar-refractivity contribution in [1.29, 1.82) is 0 Å². The highest BCUT2D eigenvalue weighted by Crippen LogP contribution is 1.87. The first kappa shape index (κ1) is 2.18. The van der Waals surface area contributed by atoms with Crippen molar-refractivity contribution in [3.05, 3.63) is 0 Å². The zero-order valence-corrected chi connectivity index (χ0v) is 2.23. The average molecular weight is 62.1 g/mol. The SMILES string of the molecule is C1COO1.[HH]. The zero-order chi connectivity index (χ0) is 2.83. The molecule has 1 saturated heterocycles. The summed E-state index contributed by atoms with van der Waals surface area (Å²) in [6.07, 6.45) is 0. The Bertz CT molecular complexity index is 15.6. The number of hydrogen-bond acceptors (Lipinski definition) is 2. The van der Waals surface area contributed by atoms with Crippen molar-refractivity contribution in [2.45, 2.75) is 0 Å². The van der Waals surface area contributed by atoms with E-state index in [0.717, 1.165) is 13.2 Å². The predicted octanol–water partition coefficient (Wildman–Crippen LogP) is 0.194. The Hall–Kier alpha value is -0.0800. The largest absolute Gasteiger partial charge is 0.234 e. The van der Waals surface area contributed by atoms with Gasteiger partial charge in [-0.3, -0.25) is 0 Å². The van der Waals surface area contributed by atoms with Crippen LogP contribution in [0.1, 0.15) is 1.43 Å². The molecule has 0 bridgehead atoms. The van der Waals surface area contributed by atoms with Crippen LogP contribution in [-0.2, 0) is 9.78 Å². The standard InChI is InChI=1S/C2H4O2.H2/c1-2-4-3-1;/h1-2H2;1H. The predicted molar refractivity (Wildman–Crippen MR) is 14.0 cm³/mol. The van der Waals surface area contributed by atoms with E-state index in [2.05, 4.69) is 9.78 Å². The van der Waals surface area contributed by atoms with Crippen LogP contribution in [0.5, 0.6) is 0 Å². The maximum atomic E-state index is 4.22. The van der Waals surface area contributed by atoms with Gasteiger partial charge >= 0.3 is 0 Å².